The Kier molecular flexibility index (Phi) is 3.83. The van der Waals surface area contributed by atoms with E-state index < -0.39 is 6.10 Å². The lowest BCUT2D eigenvalue weighted by atomic mass is 10.4. The Balaban J connectivity index is 2.93. The van der Waals surface area contributed by atoms with Gasteiger partial charge in [-0.2, -0.15) is 0 Å². The molecule has 0 saturated heterocycles. The Labute approximate surface area is 50.5 Å². The van der Waals surface area contributed by atoms with Crippen molar-refractivity contribution in [3.8, 4) is 0 Å². The zero-order chi connectivity index (χ0) is 6.57. The summed E-state index contributed by atoms with van der Waals surface area (Å²) in [4.78, 5) is 0. The van der Waals surface area contributed by atoms with E-state index in [0.29, 0.717) is 0 Å². The predicted molar refractivity (Wildman–Crippen MR) is 30.9 cm³/mol. The Morgan fingerprint density at radius 3 is 2.25 bits per heavy atom. The summed E-state index contributed by atoms with van der Waals surface area (Å²) in [5, 5.41) is 10.3. The van der Waals surface area contributed by atoms with E-state index in [0.717, 1.165) is 0 Å². The van der Waals surface area contributed by atoms with Crippen LogP contribution in [0.25, 0.3) is 0 Å². The minimum Gasteiger partial charge on any atom is -0.376 e. The standard InChI is InChI=1S/C6H12O2/c1-5(2)8-4-6(3)7/h5-6H,1,4H2,2-3H3. The molecule has 2 heteroatoms. The fourth-order valence-electron chi connectivity index (χ4n) is 0.300. The topological polar surface area (TPSA) is 29.1 Å². The highest BCUT2D eigenvalue weighted by molar-refractivity contribution is 4.51. The highest BCUT2D eigenvalue weighted by atomic mass is 16.5. The van der Waals surface area contributed by atoms with Gasteiger partial charge in [-0.05, 0) is 20.8 Å². The molecule has 0 spiro atoms. The second-order valence-corrected chi connectivity index (χ2v) is 1.95. The van der Waals surface area contributed by atoms with Gasteiger partial charge in [0.1, 0.15) is 6.10 Å². The summed E-state index contributed by atoms with van der Waals surface area (Å²) in [5.41, 5.74) is 0. The van der Waals surface area contributed by atoms with Crippen LogP contribution in [-0.4, -0.2) is 18.8 Å². The second kappa shape index (κ2) is 3.87. The number of ether oxygens (including phenoxy) is 1. The van der Waals surface area contributed by atoms with Gasteiger partial charge in [0.2, 0.25) is 0 Å². The van der Waals surface area contributed by atoms with Crippen LogP contribution in [0.2, 0.25) is 0 Å². The van der Waals surface area contributed by atoms with Crippen molar-refractivity contribution in [3.05, 3.63) is 6.92 Å². The third kappa shape index (κ3) is 5.92. The van der Waals surface area contributed by atoms with Crippen LogP contribution in [0.1, 0.15) is 13.8 Å². The van der Waals surface area contributed by atoms with Crippen LogP contribution in [0.4, 0.5) is 0 Å². The van der Waals surface area contributed by atoms with Crippen LogP contribution >= 0.6 is 0 Å². The van der Waals surface area contributed by atoms with Gasteiger partial charge in [-0.1, -0.05) is 0 Å². The number of hydrogen-bond acceptors (Lipinski definition) is 1. The quantitative estimate of drug-likeness (QED) is 0.541. The first kappa shape index (κ1) is 7.92. The van der Waals surface area contributed by atoms with Gasteiger partial charge in [0.25, 0.3) is 0 Å². The molecule has 0 bridgehead atoms. The van der Waals surface area contributed by atoms with Crippen molar-refractivity contribution >= 4 is 0 Å². The molecule has 0 aliphatic carbocycles. The first-order valence-electron chi connectivity index (χ1n) is 2.73. The molecule has 0 saturated carbocycles. The van der Waals surface area contributed by atoms with E-state index in [1.54, 1.807) is 6.92 Å². The third-order valence-electron chi connectivity index (χ3n) is 0.615. The fraction of sp³-hybridized carbons (Fsp3) is 0.833. The van der Waals surface area contributed by atoms with Gasteiger partial charge in [-0.3, -0.25) is 0 Å². The summed E-state index contributed by atoms with van der Waals surface area (Å²) < 4.78 is 4.88. The van der Waals surface area contributed by atoms with E-state index >= 15 is 0 Å². The van der Waals surface area contributed by atoms with E-state index in [4.69, 9.17) is 4.74 Å². The number of hydrogen-bond donors (Lipinski definition) is 0. The molecular weight excluding hydrogens is 104 g/mol. The van der Waals surface area contributed by atoms with Gasteiger partial charge in [-0.25, -0.2) is 5.11 Å². The van der Waals surface area contributed by atoms with Crippen molar-refractivity contribution in [2.24, 2.45) is 0 Å². The van der Waals surface area contributed by atoms with Gasteiger partial charge in [-0.15, -0.1) is 0 Å². The van der Waals surface area contributed by atoms with Crippen molar-refractivity contribution in [3.63, 3.8) is 0 Å². The molecule has 2 radical (unpaired) electrons. The third-order valence-corrected chi connectivity index (χ3v) is 0.615. The average molecular weight is 116 g/mol. The van der Waals surface area contributed by atoms with Gasteiger partial charge in [0.05, 0.1) is 12.7 Å². The summed E-state index contributed by atoms with van der Waals surface area (Å²) in [7, 11) is 0. The largest absolute Gasteiger partial charge is 0.376 e. The lowest BCUT2D eigenvalue weighted by Crippen LogP contribution is -2.13. The normalized spacial score (nSPS) is 14.6. The molecule has 0 rings (SSSR count). The summed E-state index contributed by atoms with van der Waals surface area (Å²) in [5.74, 6) is 0. The van der Waals surface area contributed by atoms with Crippen molar-refractivity contribution in [1.82, 2.24) is 0 Å². The minimum absolute atomic E-state index is 0.0635. The zero-order valence-electron chi connectivity index (χ0n) is 5.39. The van der Waals surface area contributed by atoms with Gasteiger partial charge in [0.15, 0.2) is 0 Å². The maximum absolute atomic E-state index is 10.3. The van der Waals surface area contributed by atoms with Crippen LogP contribution in [0.15, 0.2) is 0 Å². The van der Waals surface area contributed by atoms with Crippen LogP contribution in [0.5, 0.6) is 0 Å². The van der Waals surface area contributed by atoms with Crippen LogP contribution in [0, 0.1) is 6.92 Å². The summed E-state index contributed by atoms with van der Waals surface area (Å²) in [6, 6.07) is 0. The fourth-order valence-corrected chi connectivity index (χ4v) is 0.300. The molecular formula is C6H12O2. The van der Waals surface area contributed by atoms with Crippen LogP contribution < -0.4 is 0 Å². The Morgan fingerprint density at radius 1 is 1.62 bits per heavy atom. The molecule has 2 unspecified atom stereocenters. The molecule has 0 aromatic carbocycles. The highest BCUT2D eigenvalue weighted by Gasteiger charge is 1.98. The van der Waals surface area contributed by atoms with Crippen molar-refractivity contribution in [2.45, 2.75) is 26.1 Å². The van der Waals surface area contributed by atoms with Gasteiger partial charge >= 0.3 is 0 Å². The molecule has 48 valence electrons. The Hall–Kier alpha value is -0.0800. The highest BCUT2D eigenvalue weighted by Crippen LogP contribution is 1.89. The van der Waals surface area contributed by atoms with Crippen LogP contribution in [0.3, 0.4) is 0 Å². The van der Waals surface area contributed by atoms with Gasteiger partial charge in [0, 0.05) is 0 Å². The monoisotopic (exact) mass is 116 g/mol. The second-order valence-electron chi connectivity index (χ2n) is 1.95. The molecule has 2 nitrogen and oxygen atoms in total. The van der Waals surface area contributed by atoms with Crippen molar-refractivity contribution < 1.29 is 9.84 Å². The minimum atomic E-state index is -0.626. The zero-order valence-corrected chi connectivity index (χ0v) is 5.39. The molecule has 0 aliphatic rings. The lowest BCUT2D eigenvalue weighted by Gasteiger charge is -2.06. The molecule has 0 aromatic rings. The van der Waals surface area contributed by atoms with Crippen molar-refractivity contribution in [2.75, 3.05) is 6.61 Å². The molecule has 0 N–H and O–H groups in total. The molecule has 0 amide bonds. The summed E-state index contributed by atoms with van der Waals surface area (Å²) in [6.07, 6.45) is -0.689. The Morgan fingerprint density at radius 2 is 2.12 bits per heavy atom. The SMILES string of the molecule is [CH2]C(C)OCC(C)[O]. The van der Waals surface area contributed by atoms with Gasteiger partial charge < -0.3 is 4.74 Å². The molecule has 2 atom stereocenters. The molecule has 0 aromatic heterocycles. The summed E-state index contributed by atoms with van der Waals surface area (Å²) >= 11 is 0. The van der Waals surface area contributed by atoms with E-state index in [1.807, 2.05) is 6.92 Å². The average Bonchev–Trinajstić information content (AvgIpc) is 1.61. The first-order valence-corrected chi connectivity index (χ1v) is 2.73. The molecule has 8 heavy (non-hydrogen) atoms. The Bertz CT molecular complexity index is 42.5. The van der Waals surface area contributed by atoms with Crippen molar-refractivity contribution in [1.29, 1.82) is 0 Å². The van der Waals surface area contributed by atoms with Crippen LogP contribution in [-0.2, 0) is 9.84 Å². The smallest absolute Gasteiger partial charge is 0.113 e. The lowest BCUT2D eigenvalue weighted by molar-refractivity contribution is -0.00883. The van der Waals surface area contributed by atoms with E-state index in [-0.39, 0.29) is 12.7 Å². The predicted octanol–water partition coefficient (Wildman–Crippen LogP) is 1.04. The summed E-state index contributed by atoms with van der Waals surface area (Å²) in [6.45, 7) is 7.20. The van der Waals surface area contributed by atoms with E-state index in [2.05, 4.69) is 6.92 Å². The van der Waals surface area contributed by atoms with E-state index in [9.17, 15) is 5.11 Å². The number of rotatable bonds is 3. The first-order chi connectivity index (χ1) is 3.63. The molecule has 0 fully saturated rings. The van der Waals surface area contributed by atoms with E-state index in [1.165, 1.54) is 0 Å². The molecule has 0 aliphatic heterocycles. The maximum Gasteiger partial charge on any atom is 0.113 e. The molecule has 0 heterocycles. The maximum atomic E-state index is 10.3.